The van der Waals surface area contributed by atoms with Gasteiger partial charge in [-0.1, -0.05) is 18.2 Å². The molecule has 0 aliphatic heterocycles. The molecule has 2 nitrogen and oxygen atoms in total. The Morgan fingerprint density at radius 1 is 0.909 bits per heavy atom. The SMILES string of the molecule is ClCCCCCOc1ccc(-c2cc3ccccc3o2)cc1. The second kappa shape index (κ2) is 7.37. The Kier molecular flexibility index (Phi) is 5.02. The molecule has 0 radical (unpaired) electrons. The van der Waals surface area contributed by atoms with Crippen LogP contribution in [0.4, 0.5) is 0 Å². The third-order valence-corrected chi connectivity index (χ3v) is 3.88. The number of benzene rings is 2. The maximum absolute atomic E-state index is 5.87. The number of rotatable bonds is 7. The zero-order chi connectivity index (χ0) is 15.2. The van der Waals surface area contributed by atoms with Gasteiger partial charge in [0.2, 0.25) is 0 Å². The van der Waals surface area contributed by atoms with Crippen LogP contribution in [0.3, 0.4) is 0 Å². The first kappa shape index (κ1) is 15.0. The van der Waals surface area contributed by atoms with E-state index in [4.69, 9.17) is 20.8 Å². The number of halogens is 1. The van der Waals surface area contributed by atoms with E-state index in [-0.39, 0.29) is 0 Å². The summed E-state index contributed by atoms with van der Waals surface area (Å²) < 4.78 is 11.6. The molecule has 0 saturated carbocycles. The topological polar surface area (TPSA) is 22.4 Å². The molecule has 0 bridgehead atoms. The van der Waals surface area contributed by atoms with Gasteiger partial charge in [0.25, 0.3) is 0 Å². The summed E-state index contributed by atoms with van der Waals surface area (Å²) in [7, 11) is 0. The van der Waals surface area contributed by atoms with Crippen molar-refractivity contribution in [3.63, 3.8) is 0 Å². The fraction of sp³-hybridized carbons (Fsp3) is 0.263. The van der Waals surface area contributed by atoms with Gasteiger partial charge in [0.15, 0.2) is 0 Å². The highest BCUT2D eigenvalue weighted by Gasteiger charge is 2.05. The van der Waals surface area contributed by atoms with Crippen molar-refractivity contribution < 1.29 is 9.15 Å². The van der Waals surface area contributed by atoms with Gasteiger partial charge in [0.1, 0.15) is 17.1 Å². The first-order valence-electron chi connectivity index (χ1n) is 7.64. The molecule has 114 valence electrons. The van der Waals surface area contributed by atoms with Crippen molar-refractivity contribution in [3.05, 3.63) is 54.6 Å². The number of alkyl halides is 1. The van der Waals surface area contributed by atoms with Crippen LogP contribution in [0.1, 0.15) is 19.3 Å². The van der Waals surface area contributed by atoms with Crippen LogP contribution < -0.4 is 4.74 Å². The summed E-state index contributed by atoms with van der Waals surface area (Å²) in [5.74, 6) is 2.51. The van der Waals surface area contributed by atoms with E-state index >= 15 is 0 Å². The smallest absolute Gasteiger partial charge is 0.135 e. The fourth-order valence-corrected chi connectivity index (χ4v) is 2.59. The van der Waals surface area contributed by atoms with Crippen molar-refractivity contribution in [2.45, 2.75) is 19.3 Å². The molecule has 0 aliphatic rings. The Bertz CT molecular complexity index is 683. The molecule has 0 spiro atoms. The lowest BCUT2D eigenvalue weighted by atomic mass is 10.1. The molecule has 2 aromatic carbocycles. The highest BCUT2D eigenvalue weighted by Crippen LogP contribution is 2.28. The fourth-order valence-electron chi connectivity index (χ4n) is 2.40. The number of unbranched alkanes of at least 4 members (excludes halogenated alkanes) is 2. The van der Waals surface area contributed by atoms with Crippen molar-refractivity contribution in [1.82, 2.24) is 0 Å². The van der Waals surface area contributed by atoms with Gasteiger partial charge in [-0.15, -0.1) is 11.6 Å². The molecule has 3 heteroatoms. The normalized spacial score (nSPS) is 11.0. The molecule has 0 saturated heterocycles. The minimum atomic E-state index is 0.728. The molecule has 22 heavy (non-hydrogen) atoms. The lowest BCUT2D eigenvalue weighted by molar-refractivity contribution is 0.306. The van der Waals surface area contributed by atoms with Crippen molar-refractivity contribution >= 4 is 22.6 Å². The molecule has 0 unspecified atom stereocenters. The number of fused-ring (bicyclic) bond motifs is 1. The second-order valence-electron chi connectivity index (χ2n) is 5.27. The first-order valence-corrected chi connectivity index (χ1v) is 8.18. The van der Waals surface area contributed by atoms with Crippen LogP contribution in [0.15, 0.2) is 59.0 Å². The summed E-state index contributed by atoms with van der Waals surface area (Å²) in [5, 5.41) is 1.12. The van der Waals surface area contributed by atoms with Gasteiger partial charge in [-0.3, -0.25) is 0 Å². The Morgan fingerprint density at radius 3 is 2.50 bits per heavy atom. The van der Waals surface area contributed by atoms with Crippen LogP contribution in [0.5, 0.6) is 5.75 Å². The average Bonchev–Trinajstić information content (AvgIpc) is 2.99. The van der Waals surface area contributed by atoms with Crippen molar-refractivity contribution in [3.8, 4) is 17.1 Å². The maximum Gasteiger partial charge on any atom is 0.135 e. The van der Waals surface area contributed by atoms with Crippen LogP contribution >= 0.6 is 11.6 Å². The largest absolute Gasteiger partial charge is 0.494 e. The van der Waals surface area contributed by atoms with Gasteiger partial charge in [0, 0.05) is 16.8 Å². The van der Waals surface area contributed by atoms with Crippen molar-refractivity contribution in [2.75, 3.05) is 12.5 Å². The number of hydrogen-bond acceptors (Lipinski definition) is 2. The van der Waals surface area contributed by atoms with Gasteiger partial charge in [-0.2, -0.15) is 0 Å². The van der Waals surface area contributed by atoms with Crippen LogP contribution in [0.25, 0.3) is 22.3 Å². The summed E-state index contributed by atoms with van der Waals surface area (Å²) >= 11 is 5.65. The minimum Gasteiger partial charge on any atom is -0.494 e. The number of para-hydroxylation sites is 1. The zero-order valence-electron chi connectivity index (χ0n) is 12.4. The van der Waals surface area contributed by atoms with E-state index in [9.17, 15) is 0 Å². The molecular formula is C19H19ClO2. The van der Waals surface area contributed by atoms with Gasteiger partial charge >= 0.3 is 0 Å². The number of hydrogen-bond donors (Lipinski definition) is 0. The molecule has 0 fully saturated rings. The molecule has 1 aromatic heterocycles. The molecule has 0 atom stereocenters. The maximum atomic E-state index is 5.87. The summed E-state index contributed by atoms with van der Waals surface area (Å²) in [6.45, 7) is 0.737. The molecular weight excluding hydrogens is 296 g/mol. The third kappa shape index (κ3) is 3.63. The second-order valence-corrected chi connectivity index (χ2v) is 5.65. The lowest BCUT2D eigenvalue weighted by Crippen LogP contribution is -1.97. The summed E-state index contributed by atoms with van der Waals surface area (Å²) in [5.41, 5.74) is 1.97. The molecule has 0 amide bonds. The highest BCUT2D eigenvalue weighted by atomic mass is 35.5. The Labute approximate surface area is 135 Å². The van der Waals surface area contributed by atoms with Crippen molar-refractivity contribution in [2.24, 2.45) is 0 Å². The quantitative estimate of drug-likeness (QED) is 0.401. The van der Waals surface area contributed by atoms with E-state index in [2.05, 4.69) is 12.1 Å². The zero-order valence-corrected chi connectivity index (χ0v) is 13.2. The predicted octanol–water partition coefficient (Wildman–Crippen LogP) is 5.89. The summed E-state index contributed by atoms with van der Waals surface area (Å²) in [6, 6.07) is 18.2. The third-order valence-electron chi connectivity index (χ3n) is 3.61. The standard InChI is InChI=1S/C19H19ClO2/c20-12-4-1-5-13-21-17-10-8-15(9-11-17)19-14-16-6-2-3-7-18(16)22-19/h2-3,6-11,14H,1,4-5,12-13H2. The van der Waals surface area contributed by atoms with E-state index in [1.165, 1.54) is 0 Å². The monoisotopic (exact) mass is 314 g/mol. The van der Waals surface area contributed by atoms with Crippen LogP contribution in [-0.2, 0) is 0 Å². The Hall–Kier alpha value is -1.93. The Morgan fingerprint density at radius 2 is 1.73 bits per heavy atom. The number of ether oxygens (including phenoxy) is 1. The first-order chi connectivity index (χ1) is 10.9. The Balaban J connectivity index is 1.63. The van der Waals surface area contributed by atoms with Gasteiger partial charge in [-0.05, 0) is 55.7 Å². The van der Waals surface area contributed by atoms with E-state index in [0.29, 0.717) is 0 Å². The van der Waals surface area contributed by atoms with Crippen LogP contribution in [0, 0.1) is 0 Å². The summed E-state index contributed by atoms with van der Waals surface area (Å²) in [6.07, 6.45) is 3.20. The molecule has 3 aromatic rings. The minimum absolute atomic E-state index is 0.728. The highest BCUT2D eigenvalue weighted by molar-refractivity contribution is 6.17. The predicted molar refractivity (Wildman–Crippen MR) is 91.7 cm³/mol. The van der Waals surface area contributed by atoms with E-state index in [1.807, 2.05) is 42.5 Å². The van der Waals surface area contributed by atoms with Gasteiger partial charge in [0.05, 0.1) is 6.61 Å². The molecule has 1 heterocycles. The summed E-state index contributed by atoms with van der Waals surface area (Å²) in [4.78, 5) is 0. The molecule has 0 aliphatic carbocycles. The van der Waals surface area contributed by atoms with Gasteiger partial charge < -0.3 is 9.15 Å². The van der Waals surface area contributed by atoms with Crippen molar-refractivity contribution in [1.29, 1.82) is 0 Å². The molecule has 0 N–H and O–H groups in total. The number of furan rings is 1. The van der Waals surface area contributed by atoms with E-state index < -0.39 is 0 Å². The van der Waals surface area contributed by atoms with Gasteiger partial charge in [-0.25, -0.2) is 0 Å². The average molecular weight is 315 g/mol. The van der Waals surface area contributed by atoms with Crippen LogP contribution in [-0.4, -0.2) is 12.5 Å². The van der Waals surface area contributed by atoms with E-state index in [1.54, 1.807) is 0 Å². The molecule has 3 rings (SSSR count). The van der Waals surface area contributed by atoms with Crippen LogP contribution in [0.2, 0.25) is 0 Å². The lowest BCUT2D eigenvalue weighted by Gasteiger charge is -2.06. The van der Waals surface area contributed by atoms with E-state index in [0.717, 1.165) is 59.8 Å².